The van der Waals surface area contributed by atoms with Gasteiger partial charge in [-0.1, -0.05) is 12.2 Å². The molecule has 1 saturated heterocycles. The van der Waals surface area contributed by atoms with Crippen LogP contribution in [0.5, 0.6) is 0 Å². The summed E-state index contributed by atoms with van der Waals surface area (Å²) in [5, 5.41) is -0.627. The van der Waals surface area contributed by atoms with Gasteiger partial charge in [-0.05, 0) is 12.8 Å². The monoisotopic (exact) mass is 300 g/mol. The minimum atomic E-state index is -3.46. The summed E-state index contributed by atoms with van der Waals surface area (Å²) < 4.78 is 48.3. The van der Waals surface area contributed by atoms with Crippen molar-refractivity contribution in [3.63, 3.8) is 0 Å². The van der Waals surface area contributed by atoms with Gasteiger partial charge in [-0.3, -0.25) is 0 Å². The van der Waals surface area contributed by atoms with Gasteiger partial charge in [0.15, 0.2) is 0 Å². The molecule has 1 rings (SSSR count). The number of sulfone groups is 1. The summed E-state index contributed by atoms with van der Waals surface area (Å²) in [6, 6.07) is 0. The van der Waals surface area contributed by atoms with Gasteiger partial charge in [0.25, 0.3) is 0 Å². The standard InChI is InChI=1S/C8H16N2O4S3/c9-8(15)1-4-10-17(13,14)7-2-5-16(11,12)6-3-7/h7,10H,1-6H2,(H2,9,15). The van der Waals surface area contributed by atoms with Gasteiger partial charge in [-0.15, -0.1) is 0 Å². The Hall–Kier alpha value is -0.250. The van der Waals surface area contributed by atoms with Gasteiger partial charge in [0.1, 0.15) is 9.84 Å². The maximum absolute atomic E-state index is 11.8. The first kappa shape index (κ1) is 14.8. The Balaban J connectivity index is 2.52. The number of nitrogens with two attached hydrogens (primary N) is 1. The van der Waals surface area contributed by atoms with Crippen LogP contribution in [0.2, 0.25) is 0 Å². The lowest BCUT2D eigenvalue weighted by Crippen LogP contribution is -2.40. The van der Waals surface area contributed by atoms with Crippen molar-refractivity contribution in [1.82, 2.24) is 4.72 Å². The molecule has 0 radical (unpaired) electrons. The topological polar surface area (TPSA) is 106 Å². The molecule has 1 fully saturated rings. The van der Waals surface area contributed by atoms with Crippen molar-refractivity contribution in [3.8, 4) is 0 Å². The van der Waals surface area contributed by atoms with Crippen molar-refractivity contribution in [1.29, 1.82) is 0 Å². The Kier molecular flexibility index (Phi) is 4.87. The Bertz CT molecular complexity index is 469. The molecule has 6 nitrogen and oxygen atoms in total. The second-order valence-electron chi connectivity index (χ2n) is 4.01. The number of nitrogens with one attached hydrogen (secondary N) is 1. The minimum absolute atomic E-state index is 0.0616. The van der Waals surface area contributed by atoms with Gasteiger partial charge >= 0.3 is 0 Å². The molecule has 0 aromatic carbocycles. The van der Waals surface area contributed by atoms with Crippen LogP contribution in [0.3, 0.4) is 0 Å². The summed E-state index contributed by atoms with van der Waals surface area (Å²) in [5.74, 6) is -0.123. The van der Waals surface area contributed by atoms with Gasteiger partial charge in [0.05, 0.1) is 21.7 Å². The summed E-state index contributed by atoms with van der Waals surface area (Å²) in [5.41, 5.74) is 5.25. The van der Waals surface area contributed by atoms with E-state index in [4.69, 9.17) is 5.73 Å². The van der Waals surface area contributed by atoms with Crippen molar-refractivity contribution < 1.29 is 16.8 Å². The van der Waals surface area contributed by atoms with Gasteiger partial charge < -0.3 is 5.73 Å². The van der Waals surface area contributed by atoms with E-state index in [2.05, 4.69) is 16.9 Å². The highest BCUT2D eigenvalue weighted by molar-refractivity contribution is 7.92. The van der Waals surface area contributed by atoms with Crippen LogP contribution < -0.4 is 10.5 Å². The van der Waals surface area contributed by atoms with Crippen LogP contribution in [0.1, 0.15) is 19.3 Å². The van der Waals surface area contributed by atoms with Crippen molar-refractivity contribution in [2.24, 2.45) is 5.73 Å². The average molecular weight is 300 g/mol. The van der Waals surface area contributed by atoms with Gasteiger partial charge in [0.2, 0.25) is 10.0 Å². The first-order chi connectivity index (χ1) is 7.73. The zero-order valence-corrected chi connectivity index (χ0v) is 11.7. The van der Waals surface area contributed by atoms with Crippen LogP contribution in [0.4, 0.5) is 0 Å². The molecule has 0 aromatic rings. The zero-order valence-electron chi connectivity index (χ0n) is 9.26. The average Bonchev–Trinajstić information content (AvgIpc) is 2.15. The summed E-state index contributed by atoms with van der Waals surface area (Å²) in [4.78, 5) is 0.249. The fraction of sp³-hybridized carbons (Fsp3) is 0.875. The van der Waals surface area contributed by atoms with Crippen LogP contribution in [-0.4, -0.2) is 45.1 Å². The number of rotatable bonds is 5. The summed E-state index contributed by atoms with van der Waals surface area (Å²) >= 11 is 4.63. The molecule has 1 aliphatic heterocycles. The Morgan fingerprint density at radius 2 is 1.88 bits per heavy atom. The molecule has 0 aliphatic carbocycles. The highest BCUT2D eigenvalue weighted by atomic mass is 32.2. The molecule has 0 unspecified atom stereocenters. The number of thiocarbonyl (C=S) groups is 1. The fourth-order valence-electron chi connectivity index (χ4n) is 1.61. The van der Waals surface area contributed by atoms with Gasteiger partial charge in [-0.25, -0.2) is 21.6 Å². The predicted molar refractivity (Wildman–Crippen MR) is 70.0 cm³/mol. The van der Waals surface area contributed by atoms with E-state index in [9.17, 15) is 16.8 Å². The van der Waals surface area contributed by atoms with Gasteiger partial charge in [0, 0.05) is 13.0 Å². The third-order valence-electron chi connectivity index (χ3n) is 2.62. The predicted octanol–water partition coefficient (Wildman–Crippen LogP) is -0.841. The highest BCUT2D eigenvalue weighted by Crippen LogP contribution is 2.18. The van der Waals surface area contributed by atoms with E-state index < -0.39 is 25.1 Å². The van der Waals surface area contributed by atoms with Gasteiger partial charge in [-0.2, -0.15) is 0 Å². The van der Waals surface area contributed by atoms with Crippen molar-refractivity contribution in [2.45, 2.75) is 24.5 Å². The molecule has 1 heterocycles. The molecule has 3 N–H and O–H groups in total. The first-order valence-electron chi connectivity index (χ1n) is 5.20. The van der Waals surface area contributed by atoms with Crippen LogP contribution in [-0.2, 0) is 19.9 Å². The minimum Gasteiger partial charge on any atom is -0.393 e. The molecule has 100 valence electrons. The number of sulfonamides is 1. The molecule has 0 bridgehead atoms. The van der Waals surface area contributed by atoms with Crippen LogP contribution in [0.25, 0.3) is 0 Å². The summed E-state index contributed by atoms with van der Waals surface area (Å²) in [7, 11) is -6.50. The maximum atomic E-state index is 11.8. The normalized spacial score (nSPS) is 21.2. The number of hydrogen-bond donors (Lipinski definition) is 2. The van der Waals surface area contributed by atoms with E-state index >= 15 is 0 Å². The quantitative estimate of drug-likeness (QED) is 0.641. The van der Waals surface area contributed by atoms with E-state index in [0.717, 1.165) is 0 Å². The molecular weight excluding hydrogens is 284 g/mol. The van der Waals surface area contributed by atoms with E-state index in [1.54, 1.807) is 0 Å². The molecule has 0 aromatic heterocycles. The summed E-state index contributed by atoms with van der Waals surface area (Å²) in [6.45, 7) is 0.168. The molecule has 1 aliphatic rings. The molecule has 0 saturated carbocycles. The lowest BCUT2D eigenvalue weighted by atomic mass is 10.2. The smallest absolute Gasteiger partial charge is 0.214 e. The number of hydrogen-bond acceptors (Lipinski definition) is 5. The Morgan fingerprint density at radius 1 is 1.35 bits per heavy atom. The second kappa shape index (κ2) is 5.59. The molecule has 0 amide bonds. The van der Waals surface area contributed by atoms with E-state index in [0.29, 0.717) is 6.42 Å². The maximum Gasteiger partial charge on any atom is 0.214 e. The zero-order chi connectivity index (χ0) is 13.1. The summed E-state index contributed by atoms with van der Waals surface area (Å²) in [6.07, 6.45) is 0.620. The SMILES string of the molecule is NC(=S)CCNS(=O)(=O)C1CCS(=O)(=O)CC1. The Labute approximate surface area is 107 Å². The van der Waals surface area contributed by atoms with E-state index in [1.165, 1.54) is 0 Å². The fourth-order valence-corrected chi connectivity index (χ4v) is 4.98. The molecule has 0 spiro atoms. The third-order valence-corrected chi connectivity index (χ3v) is 6.49. The van der Waals surface area contributed by atoms with Crippen molar-refractivity contribution in [3.05, 3.63) is 0 Å². The first-order valence-corrected chi connectivity index (χ1v) is 8.98. The molecular formula is C8H16N2O4S3. The van der Waals surface area contributed by atoms with Crippen LogP contribution >= 0.6 is 12.2 Å². The molecule has 9 heteroatoms. The lowest BCUT2D eigenvalue weighted by molar-refractivity contribution is 0.543. The van der Waals surface area contributed by atoms with E-state index in [-0.39, 0.29) is 35.9 Å². The van der Waals surface area contributed by atoms with E-state index in [1.807, 2.05) is 0 Å². The highest BCUT2D eigenvalue weighted by Gasteiger charge is 2.32. The lowest BCUT2D eigenvalue weighted by Gasteiger charge is -2.22. The van der Waals surface area contributed by atoms with Crippen LogP contribution in [0, 0.1) is 0 Å². The largest absolute Gasteiger partial charge is 0.393 e. The molecule has 17 heavy (non-hydrogen) atoms. The second-order valence-corrected chi connectivity index (χ2v) is 8.88. The van der Waals surface area contributed by atoms with Crippen molar-refractivity contribution >= 4 is 37.1 Å². The Morgan fingerprint density at radius 3 is 2.35 bits per heavy atom. The molecule has 0 atom stereocenters. The third kappa shape index (κ3) is 4.86. The van der Waals surface area contributed by atoms with Crippen molar-refractivity contribution in [2.75, 3.05) is 18.1 Å². The van der Waals surface area contributed by atoms with Crippen LogP contribution in [0.15, 0.2) is 0 Å².